The first-order chi connectivity index (χ1) is 22.2. The highest BCUT2D eigenvalue weighted by atomic mass is 32.2. The van der Waals surface area contributed by atoms with Crippen LogP contribution in [0.4, 0.5) is 15.3 Å². The first kappa shape index (κ1) is 36.4. The Labute approximate surface area is 277 Å². The van der Waals surface area contributed by atoms with Crippen LogP contribution in [-0.4, -0.2) is 98.3 Å². The number of nitrogens with one attached hydrogen (secondary N) is 1. The van der Waals surface area contributed by atoms with Gasteiger partial charge in [0.05, 0.1) is 42.4 Å². The van der Waals surface area contributed by atoms with Crippen molar-refractivity contribution in [1.29, 1.82) is 0 Å². The maximum absolute atomic E-state index is 14.2. The van der Waals surface area contributed by atoms with Crippen molar-refractivity contribution >= 4 is 27.9 Å². The molecule has 2 aromatic rings. The van der Waals surface area contributed by atoms with E-state index in [1.165, 1.54) is 28.6 Å². The van der Waals surface area contributed by atoms with E-state index < -0.39 is 58.6 Å². The minimum Gasteiger partial charge on any atom is -0.530 e. The molecule has 260 valence electrons. The van der Waals surface area contributed by atoms with Gasteiger partial charge in [-0.05, 0) is 68.4 Å². The van der Waals surface area contributed by atoms with E-state index in [1.54, 1.807) is 13.8 Å². The smallest absolute Gasteiger partial charge is 0.407 e. The number of aliphatic hydroxyl groups excluding tert-OH is 1. The minimum atomic E-state index is -4.21. The number of hydrogen-bond donors (Lipinski definition) is 3. The zero-order valence-electron chi connectivity index (χ0n) is 27.4. The molecule has 2 aliphatic heterocycles. The normalized spacial score (nSPS) is 21.0. The molecule has 0 radical (unpaired) electrons. The molecule has 4 N–H and O–H groups in total. The molecule has 2 aromatic carbocycles. The van der Waals surface area contributed by atoms with Crippen LogP contribution in [0.25, 0.3) is 0 Å². The standard InChI is InChI=1S/C33H48N4O9S/c1-22(2)46-31(39)35-16-15-33(3,4)21-36(47(42,43)25-12-10-24(34)11-13-25)19-29(38)27(18-23-8-6-5-7-9-23)37(32(40)41)28-20-45-30-26(28)14-17-44-30/h5-13,22,26-30,38H,14-21,34H2,1-4H3,(H,35,39)(H,40,41)/p-1/t26-,27-,28-,29+,30+/m0/s1. The number of amides is 2. The SMILES string of the molecule is CC(C)OC(=O)NCCC(C)(C)CN(C[C@@H](O)[C@H](Cc1ccccc1)N(C(=O)[O-])[C@H]1CO[C@H]2OCC[C@H]21)S(=O)(=O)c1ccc(N)cc1. The molecule has 2 aliphatic rings. The Morgan fingerprint density at radius 1 is 1.13 bits per heavy atom. The minimum absolute atomic E-state index is 0.0279. The van der Waals surface area contributed by atoms with Crippen molar-refractivity contribution in [1.82, 2.24) is 14.5 Å². The number of anilines is 1. The van der Waals surface area contributed by atoms with Crippen molar-refractivity contribution in [2.75, 3.05) is 38.6 Å². The molecule has 13 nitrogen and oxygen atoms in total. The van der Waals surface area contributed by atoms with Gasteiger partial charge >= 0.3 is 6.09 Å². The van der Waals surface area contributed by atoms with Crippen LogP contribution in [0.1, 0.15) is 46.1 Å². The first-order valence-electron chi connectivity index (χ1n) is 15.9. The van der Waals surface area contributed by atoms with Crippen LogP contribution in [0.3, 0.4) is 0 Å². The van der Waals surface area contributed by atoms with Crippen molar-refractivity contribution in [3.8, 4) is 0 Å². The number of sulfonamides is 1. The number of aliphatic hydroxyl groups is 1. The first-order valence-corrected chi connectivity index (χ1v) is 17.4. The highest BCUT2D eigenvalue weighted by molar-refractivity contribution is 7.89. The molecule has 2 fully saturated rings. The second-order valence-electron chi connectivity index (χ2n) is 13.3. The summed E-state index contributed by atoms with van der Waals surface area (Å²) in [5.74, 6) is -0.248. The summed E-state index contributed by atoms with van der Waals surface area (Å²) in [7, 11) is -4.21. The van der Waals surface area contributed by atoms with Crippen LogP contribution in [0.2, 0.25) is 0 Å². The van der Waals surface area contributed by atoms with Gasteiger partial charge in [-0.1, -0.05) is 44.2 Å². The molecule has 2 amide bonds. The Hall–Kier alpha value is -3.43. The summed E-state index contributed by atoms with van der Waals surface area (Å²) in [5, 5.41) is 27.5. The molecule has 2 saturated heterocycles. The molecule has 0 aliphatic carbocycles. The summed E-state index contributed by atoms with van der Waals surface area (Å²) in [4.78, 5) is 26.0. The number of carbonyl (C=O) groups is 2. The quantitative estimate of drug-likeness (QED) is 0.237. The molecule has 5 atom stereocenters. The lowest BCUT2D eigenvalue weighted by Gasteiger charge is -2.43. The van der Waals surface area contributed by atoms with E-state index >= 15 is 0 Å². The highest BCUT2D eigenvalue weighted by Gasteiger charge is 2.47. The van der Waals surface area contributed by atoms with Crippen LogP contribution in [0.5, 0.6) is 0 Å². The van der Waals surface area contributed by atoms with E-state index in [4.69, 9.17) is 19.9 Å². The molecule has 0 spiro atoms. The lowest BCUT2D eigenvalue weighted by Crippen LogP contribution is -2.61. The fraction of sp³-hybridized carbons (Fsp3) is 0.576. The predicted molar refractivity (Wildman–Crippen MR) is 172 cm³/mol. The fourth-order valence-corrected chi connectivity index (χ4v) is 7.85. The van der Waals surface area contributed by atoms with E-state index in [1.807, 2.05) is 44.2 Å². The largest absolute Gasteiger partial charge is 0.530 e. The third-order valence-electron chi connectivity index (χ3n) is 8.59. The van der Waals surface area contributed by atoms with Gasteiger partial charge in [0.15, 0.2) is 6.29 Å². The summed E-state index contributed by atoms with van der Waals surface area (Å²) < 4.78 is 46.0. The Morgan fingerprint density at radius 3 is 2.45 bits per heavy atom. The van der Waals surface area contributed by atoms with Crippen LogP contribution in [-0.2, 0) is 30.7 Å². The highest BCUT2D eigenvalue weighted by Crippen LogP contribution is 2.36. The second kappa shape index (κ2) is 15.6. The van der Waals surface area contributed by atoms with E-state index in [0.29, 0.717) is 25.1 Å². The molecule has 0 saturated carbocycles. The number of fused-ring (bicyclic) bond motifs is 1. The van der Waals surface area contributed by atoms with Gasteiger partial charge in [-0.2, -0.15) is 4.31 Å². The Kier molecular flexibility index (Phi) is 12.1. The lowest BCUT2D eigenvalue weighted by atomic mass is 9.89. The van der Waals surface area contributed by atoms with Crippen molar-refractivity contribution in [3.05, 3.63) is 60.2 Å². The number of benzene rings is 2. The summed E-state index contributed by atoms with van der Waals surface area (Å²) >= 11 is 0. The van der Waals surface area contributed by atoms with Gasteiger partial charge in [0, 0.05) is 31.2 Å². The number of nitrogens with two attached hydrogens (primary N) is 1. The molecule has 0 unspecified atom stereocenters. The average Bonchev–Trinajstić information content (AvgIpc) is 3.61. The van der Waals surface area contributed by atoms with Gasteiger partial charge in [0.2, 0.25) is 10.0 Å². The number of nitrogens with zero attached hydrogens (tertiary/aromatic N) is 2. The number of ether oxygens (including phenoxy) is 3. The third-order valence-corrected chi connectivity index (χ3v) is 10.4. The number of hydrogen-bond acceptors (Lipinski definition) is 10. The summed E-state index contributed by atoms with van der Waals surface area (Å²) in [6, 6.07) is 13.1. The average molecular weight is 676 g/mol. The molecular weight excluding hydrogens is 628 g/mol. The molecule has 47 heavy (non-hydrogen) atoms. The molecule has 2 heterocycles. The van der Waals surface area contributed by atoms with Gasteiger partial charge in [-0.15, -0.1) is 0 Å². The fourth-order valence-electron chi connectivity index (χ4n) is 6.20. The maximum Gasteiger partial charge on any atom is 0.407 e. The zero-order chi connectivity index (χ0) is 34.4. The predicted octanol–water partition coefficient (Wildman–Crippen LogP) is 2.19. The van der Waals surface area contributed by atoms with Crippen LogP contribution in [0, 0.1) is 11.3 Å². The maximum atomic E-state index is 14.2. The van der Waals surface area contributed by atoms with Gasteiger partial charge < -0.3 is 45.2 Å². The van der Waals surface area contributed by atoms with Gasteiger partial charge in [-0.25, -0.2) is 13.2 Å². The van der Waals surface area contributed by atoms with Crippen molar-refractivity contribution in [3.63, 3.8) is 0 Å². The monoisotopic (exact) mass is 675 g/mol. The summed E-state index contributed by atoms with van der Waals surface area (Å²) in [5.41, 5.74) is 6.28. The molecule has 0 bridgehead atoms. The van der Waals surface area contributed by atoms with E-state index in [9.17, 15) is 28.2 Å². The third kappa shape index (κ3) is 9.57. The number of carbonyl (C=O) groups excluding carboxylic acids is 2. The van der Waals surface area contributed by atoms with Gasteiger partial charge in [-0.3, -0.25) is 0 Å². The Bertz CT molecular complexity index is 1440. The van der Waals surface area contributed by atoms with E-state index in [-0.39, 0.29) is 43.0 Å². The van der Waals surface area contributed by atoms with Crippen LogP contribution < -0.4 is 16.2 Å². The topological polar surface area (TPSA) is 184 Å². The molecule has 4 rings (SSSR count). The molecule has 0 aromatic heterocycles. The van der Waals surface area contributed by atoms with Crippen molar-refractivity contribution in [2.45, 2.75) is 82.4 Å². The zero-order valence-corrected chi connectivity index (χ0v) is 28.2. The second-order valence-corrected chi connectivity index (χ2v) is 15.2. The van der Waals surface area contributed by atoms with E-state index in [2.05, 4.69) is 5.32 Å². The van der Waals surface area contributed by atoms with Crippen LogP contribution >= 0.6 is 0 Å². The number of nitrogen functional groups attached to an aromatic ring is 1. The Morgan fingerprint density at radius 2 is 1.81 bits per heavy atom. The number of rotatable bonds is 15. The van der Waals surface area contributed by atoms with Gasteiger partial charge in [0.25, 0.3) is 0 Å². The van der Waals surface area contributed by atoms with Crippen molar-refractivity contribution < 1.29 is 42.4 Å². The molecular formula is C33H47N4O9S-. The van der Waals surface area contributed by atoms with E-state index in [0.717, 1.165) is 10.5 Å². The van der Waals surface area contributed by atoms with Crippen LogP contribution in [0.15, 0.2) is 59.5 Å². The summed E-state index contributed by atoms with van der Waals surface area (Å²) in [6.07, 6.45) is -3.31. The van der Waals surface area contributed by atoms with Gasteiger partial charge in [0.1, 0.15) is 6.09 Å². The molecule has 14 heteroatoms. The summed E-state index contributed by atoms with van der Waals surface area (Å²) in [6.45, 7) is 7.42. The lowest BCUT2D eigenvalue weighted by molar-refractivity contribution is -0.273. The van der Waals surface area contributed by atoms with Crippen molar-refractivity contribution in [2.24, 2.45) is 11.3 Å². The Balaban J connectivity index is 1.65. The number of carboxylic acid groups (broad SMARTS) is 1. The number of alkyl carbamates (subject to hydrolysis) is 1.